The standard InChI is InChI=1S/C9H14N2O/c1-2-3-4-6-11-7-5-9(8-12)10-11/h5,7-8H,2-4,6H2,1H3. The molecule has 12 heavy (non-hydrogen) atoms. The summed E-state index contributed by atoms with van der Waals surface area (Å²) in [6.45, 7) is 3.08. The van der Waals surface area contributed by atoms with Crippen molar-refractivity contribution in [1.82, 2.24) is 9.78 Å². The predicted octanol–water partition coefficient (Wildman–Crippen LogP) is 1.89. The van der Waals surface area contributed by atoms with Crippen molar-refractivity contribution < 1.29 is 4.79 Å². The van der Waals surface area contributed by atoms with Crippen molar-refractivity contribution in [3.05, 3.63) is 18.0 Å². The fraction of sp³-hybridized carbons (Fsp3) is 0.556. The molecule has 0 aliphatic rings. The second-order valence-electron chi connectivity index (χ2n) is 2.83. The van der Waals surface area contributed by atoms with Crippen LogP contribution in [0, 0.1) is 0 Å². The van der Waals surface area contributed by atoms with Gasteiger partial charge in [0.15, 0.2) is 6.29 Å². The third-order valence-electron chi connectivity index (χ3n) is 1.77. The minimum Gasteiger partial charge on any atom is -0.296 e. The third-order valence-corrected chi connectivity index (χ3v) is 1.77. The maximum Gasteiger partial charge on any atom is 0.170 e. The quantitative estimate of drug-likeness (QED) is 0.494. The predicted molar refractivity (Wildman–Crippen MR) is 47.1 cm³/mol. The summed E-state index contributed by atoms with van der Waals surface area (Å²) in [5.74, 6) is 0. The summed E-state index contributed by atoms with van der Waals surface area (Å²) in [7, 11) is 0. The van der Waals surface area contributed by atoms with Crippen LogP contribution in [0.3, 0.4) is 0 Å². The van der Waals surface area contributed by atoms with E-state index in [1.165, 1.54) is 12.8 Å². The van der Waals surface area contributed by atoms with Crippen LogP contribution >= 0.6 is 0 Å². The van der Waals surface area contributed by atoms with Gasteiger partial charge < -0.3 is 0 Å². The zero-order valence-corrected chi connectivity index (χ0v) is 7.36. The molecule has 0 radical (unpaired) electrons. The number of carbonyl (C=O) groups is 1. The van der Waals surface area contributed by atoms with Crippen molar-refractivity contribution in [3.63, 3.8) is 0 Å². The van der Waals surface area contributed by atoms with Gasteiger partial charge >= 0.3 is 0 Å². The van der Waals surface area contributed by atoms with Gasteiger partial charge in [-0.25, -0.2) is 0 Å². The Labute approximate surface area is 72.4 Å². The van der Waals surface area contributed by atoms with E-state index in [0.717, 1.165) is 19.3 Å². The summed E-state index contributed by atoms with van der Waals surface area (Å²) in [5.41, 5.74) is 0.520. The maximum atomic E-state index is 10.3. The molecule has 0 saturated carbocycles. The lowest BCUT2D eigenvalue weighted by Gasteiger charge is -1.98. The summed E-state index contributed by atoms with van der Waals surface area (Å²) in [5, 5.41) is 4.05. The van der Waals surface area contributed by atoms with E-state index in [2.05, 4.69) is 12.0 Å². The summed E-state index contributed by atoms with van der Waals surface area (Å²) < 4.78 is 1.82. The first-order valence-electron chi connectivity index (χ1n) is 4.35. The number of hydrogen-bond acceptors (Lipinski definition) is 2. The number of unbranched alkanes of at least 4 members (excludes halogenated alkanes) is 2. The Morgan fingerprint density at radius 1 is 1.58 bits per heavy atom. The van der Waals surface area contributed by atoms with Crippen LogP contribution in [-0.2, 0) is 6.54 Å². The van der Waals surface area contributed by atoms with Gasteiger partial charge in [0.05, 0.1) is 0 Å². The van der Waals surface area contributed by atoms with E-state index < -0.39 is 0 Å². The molecule has 0 unspecified atom stereocenters. The minimum absolute atomic E-state index is 0.520. The molecule has 0 atom stereocenters. The Balaban J connectivity index is 2.36. The first kappa shape index (κ1) is 8.97. The molecule has 0 aliphatic carbocycles. The summed E-state index contributed by atoms with van der Waals surface area (Å²) in [4.78, 5) is 10.3. The number of carbonyl (C=O) groups excluding carboxylic acids is 1. The van der Waals surface area contributed by atoms with Gasteiger partial charge in [-0.3, -0.25) is 9.48 Å². The van der Waals surface area contributed by atoms with Crippen LogP contribution in [0.2, 0.25) is 0 Å². The Kier molecular flexibility index (Phi) is 3.51. The number of aldehydes is 1. The molecule has 3 heteroatoms. The van der Waals surface area contributed by atoms with E-state index in [9.17, 15) is 4.79 Å². The largest absolute Gasteiger partial charge is 0.296 e. The van der Waals surface area contributed by atoms with Gasteiger partial charge in [0.2, 0.25) is 0 Å². The lowest BCUT2D eigenvalue weighted by molar-refractivity contribution is 0.111. The van der Waals surface area contributed by atoms with Gasteiger partial charge in [0.1, 0.15) is 5.69 Å². The molecule has 1 aromatic heterocycles. The Morgan fingerprint density at radius 2 is 2.42 bits per heavy atom. The zero-order valence-electron chi connectivity index (χ0n) is 7.36. The van der Waals surface area contributed by atoms with E-state index in [-0.39, 0.29) is 0 Å². The van der Waals surface area contributed by atoms with Crippen LogP contribution < -0.4 is 0 Å². The van der Waals surface area contributed by atoms with Crippen molar-refractivity contribution in [2.24, 2.45) is 0 Å². The van der Waals surface area contributed by atoms with Crippen molar-refractivity contribution in [3.8, 4) is 0 Å². The molecule has 66 valence electrons. The van der Waals surface area contributed by atoms with Crippen molar-refractivity contribution >= 4 is 6.29 Å². The highest BCUT2D eigenvalue weighted by atomic mass is 16.1. The van der Waals surface area contributed by atoms with Gasteiger partial charge in [0.25, 0.3) is 0 Å². The first-order chi connectivity index (χ1) is 5.86. The second kappa shape index (κ2) is 4.70. The Hall–Kier alpha value is -1.12. The average Bonchev–Trinajstić information content (AvgIpc) is 2.53. The average molecular weight is 166 g/mol. The van der Waals surface area contributed by atoms with Crippen molar-refractivity contribution in [1.29, 1.82) is 0 Å². The van der Waals surface area contributed by atoms with Crippen LogP contribution in [0.1, 0.15) is 36.7 Å². The molecule has 1 rings (SSSR count). The normalized spacial score (nSPS) is 10.1. The van der Waals surface area contributed by atoms with Crippen LogP contribution in [0.4, 0.5) is 0 Å². The Bertz CT molecular complexity index is 242. The van der Waals surface area contributed by atoms with Crippen LogP contribution in [0.25, 0.3) is 0 Å². The highest BCUT2D eigenvalue weighted by Crippen LogP contribution is 1.98. The summed E-state index contributed by atoms with van der Waals surface area (Å²) in [6.07, 6.45) is 6.18. The molecule has 0 N–H and O–H groups in total. The molecule has 1 heterocycles. The summed E-state index contributed by atoms with van der Waals surface area (Å²) in [6, 6.07) is 1.74. The fourth-order valence-electron chi connectivity index (χ4n) is 1.09. The van der Waals surface area contributed by atoms with Gasteiger partial charge in [-0.2, -0.15) is 5.10 Å². The van der Waals surface area contributed by atoms with Crippen LogP contribution in [0.15, 0.2) is 12.3 Å². The van der Waals surface area contributed by atoms with Gasteiger partial charge in [-0.05, 0) is 12.5 Å². The first-order valence-corrected chi connectivity index (χ1v) is 4.35. The summed E-state index contributed by atoms with van der Waals surface area (Å²) >= 11 is 0. The maximum absolute atomic E-state index is 10.3. The molecule has 0 saturated heterocycles. The van der Waals surface area contributed by atoms with E-state index in [4.69, 9.17) is 0 Å². The zero-order chi connectivity index (χ0) is 8.81. The number of nitrogens with zero attached hydrogens (tertiary/aromatic N) is 2. The molecule has 1 aromatic rings. The highest BCUT2D eigenvalue weighted by Gasteiger charge is 1.95. The molecule has 3 nitrogen and oxygen atoms in total. The van der Waals surface area contributed by atoms with Crippen molar-refractivity contribution in [2.75, 3.05) is 0 Å². The number of aryl methyl sites for hydroxylation is 1. The molecular weight excluding hydrogens is 152 g/mol. The van der Waals surface area contributed by atoms with Crippen LogP contribution in [-0.4, -0.2) is 16.1 Å². The van der Waals surface area contributed by atoms with Crippen LogP contribution in [0.5, 0.6) is 0 Å². The Morgan fingerprint density at radius 3 is 3.00 bits per heavy atom. The number of aromatic nitrogens is 2. The van der Waals surface area contributed by atoms with Gasteiger partial charge in [-0.1, -0.05) is 19.8 Å². The van der Waals surface area contributed by atoms with E-state index >= 15 is 0 Å². The number of hydrogen-bond donors (Lipinski definition) is 0. The molecule has 0 amide bonds. The smallest absolute Gasteiger partial charge is 0.170 e. The van der Waals surface area contributed by atoms with E-state index in [1.807, 2.05) is 10.9 Å². The lowest BCUT2D eigenvalue weighted by Crippen LogP contribution is -1.99. The van der Waals surface area contributed by atoms with Gasteiger partial charge in [0, 0.05) is 12.7 Å². The molecule has 0 bridgehead atoms. The second-order valence-corrected chi connectivity index (χ2v) is 2.83. The molecule has 0 aromatic carbocycles. The van der Waals surface area contributed by atoms with E-state index in [1.54, 1.807) is 6.07 Å². The minimum atomic E-state index is 0.520. The van der Waals surface area contributed by atoms with E-state index in [0.29, 0.717) is 5.69 Å². The number of rotatable bonds is 5. The van der Waals surface area contributed by atoms with Crippen molar-refractivity contribution in [2.45, 2.75) is 32.7 Å². The molecular formula is C9H14N2O. The third kappa shape index (κ3) is 2.49. The molecule has 0 aliphatic heterocycles. The SMILES string of the molecule is CCCCCn1ccc(C=O)n1. The topological polar surface area (TPSA) is 34.9 Å². The highest BCUT2D eigenvalue weighted by molar-refractivity contribution is 5.71. The monoisotopic (exact) mass is 166 g/mol. The molecule has 0 spiro atoms. The molecule has 0 fully saturated rings. The van der Waals surface area contributed by atoms with Gasteiger partial charge in [-0.15, -0.1) is 0 Å². The lowest BCUT2D eigenvalue weighted by atomic mass is 10.2. The fourth-order valence-corrected chi connectivity index (χ4v) is 1.09.